The standard InChI is InChI=1S/C9H16N2O/c10-8-3-2-7(6-8)9(12)11-4-1-5-11/h7-8H,1-6,10H2. The molecule has 3 nitrogen and oxygen atoms in total. The van der Waals surface area contributed by atoms with Crippen LogP contribution in [-0.4, -0.2) is 29.9 Å². The molecule has 1 amide bonds. The molecule has 0 spiro atoms. The van der Waals surface area contributed by atoms with Gasteiger partial charge in [-0.05, 0) is 25.7 Å². The van der Waals surface area contributed by atoms with Gasteiger partial charge < -0.3 is 10.6 Å². The molecule has 2 aliphatic rings. The number of amides is 1. The van der Waals surface area contributed by atoms with E-state index in [0.717, 1.165) is 32.4 Å². The second-order valence-electron chi connectivity index (χ2n) is 3.95. The van der Waals surface area contributed by atoms with Crippen LogP contribution in [0.25, 0.3) is 0 Å². The molecule has 0 aromatic rings. The number of hydrogen-bond acceptors (Lipinski definition) is 2. The average molecular weight is 168 g/mol. The van der Waals surface area contributed by atoms with Gasteiger partial charge in [-0.3, -0.25) is 4.79 Å². The molecule has 2 N–H and O–H groups in total. The van der Waals surface area contributed by atoms with E-state index < -0.39 is 0 Å². The minimum atomic E-state index is 0.250. The van der Waals surface area contributed by atoms with Crippen LogP contribution in [0.15, 0.2) is 0 Å². The lowest BCUT2D eigenvalue weighted by atomic mass is 10.0. The molecule has 2 fully saturated rings. The first-order chi connectivity index (χ1) is 5.77. The van der Waals surface area contributed by atoms with Crippen LogP contribution in [0.4, 0.5) is 0 Å². The van der Waals surface area contributed by atoms with Gasteiger partial charge in [0, 0.05) is 25.0 Å². The Morgan fingerprint density at radius 2 is 2.08 bits per heavy atom. The number of rotatable bonds is 1. The Kier molecular flexibility index (Phi) is 2.05. The topological polar surface area (TPSA) is 46.3 Å². The number of likely N-dealkylation sites (tertiary alicyclic amines) is 1. The van der Waals surface area contributed by atoms with Gasteiger partial charge in [0.25, 0.3) is 0 Å². The van der Waals surface area contributed by atoms with E-state index in [1.807, 2.05) is 4.90 Å². The van der Waals surface area contributed by atoms with Crippen molar-refractivity contribution in [2.75, 3.05) is 13.1 Å². The summed E-state index contributed by atoms with van der Waals surface area (Å²) in [5.74, 6) is 0.606. The van der Waals surface area contributed by atoms with E-state index in [1.54, 1.807) is 0 Å². The van der Waals surface area contributed by atoms with E-state index >= 15 is 0 Å². The predicted molar refractivity (Wildman–Crippen MR) is 46.5 cm³/mol. The summed E-state index contributed by atoms with van der Waals surface area (Å²) in [6.45, 7) is 1.95. The molecule has 1 aliphatic carbocycles. The van der Waals surface area contributed by atoms with Crippen molar-refractivity contribution in [1.82, 2.24) is 4.90 Å². The van der Waals surface area contributed by atoms with Crippen molar-refractivity contribution in [2.45, 2.75) is 31.7 Å². The van der Waals surface area contributed by atoms with Crippen LogP contribution in [0.1, 0.15) is 25.7 Å². The van der Waals surface area contributed by atoms with Crippen molar-refractivity contribution in [3.05, 3.63) is 0 Å². The Morgan fingerprint density at radius 1 is 1.33 bits per heavy atom. The molecule has 3 heteroatoms. The van der Waals surface area contributed by atoms with E-state index in [0.29, 0.717) is 5.91 Å². The van der Waals surface area contributed by atoms with Crippen molar-refractivity contribution < 1.29 is 4.79 Å². The fourth-order valence-corrected chi connectivity index (χ4v) is 2.04. The fraction of sp³-hybridized carbons (Fsp3) is 0.889. The van der Waals surface area contributed by atoms with Gasteiger partial charge in [0.05, 0.1) is 0 Å². The Morgan fingerprint density at radius 3 is 2.50 bits per heavy atom. The first-order valence-electron chi connectivity index (χ1n) is 4.82. The maximum absolute atomic E-state index is 11.6. The van der Waals surface area contributed by atoms with Gasteiger partial charge in [0.15, 0.2) is 0 Å². The molecular weight excluding hydrogens is 152 g/mol. The highest BCUT2D eigenvalue weighted by molar-refractivity contribution is 5.79. The summed E-state index contributed by atoms with van der Waals surface area (Å²) < 4.78 is 0. The SMILES string of the molecule is NC1CCC(C(=O)N2CCC2)C1. The Labute approximate surface area is 72.9 Å². The monoisotopic (exact) mass is 168 g/mol. The summed E-state index contributed by atoms with van der Waals surface area (Å²) in [6.07, 6.45) is 4.14. The van der Waals surface area contributed by atoms with Gasteiger partial charge >= 0.3 is 0 Å². The van der Waals surface area contributed by atoms with Crippen LogP contribution in [0.3, 0.4) is 0 Å². The van der Waals surface area contributed by atoms with E-state index in [-0.39, 0.29) is 12.0 Å². The lowest BCUT2D eigenvalue weighted by Gasteiger charge is -2.33. The van der Waals surface area contributed by atoms with E-state index in [1.165, 1.54) is 6.42 Å². The summed E-state index contributed by atoms with van der Waals surface area (Å²) in [7, 11) is 0. The smallest absolute Gasteiger partial charge is 0.225 e. The summed E-state index contributed by atoms with van der Waals surface area (Å²) in [6, 6.07) is 0.278. The second kappa shape index (κ2) is 3.05. The first kappa shape index (κ1) is 8.05. The van der Waals surface area contributed by atoms with E-state index in [4.69, 9.17) is 5.73 Å². The first-order valence-corrected chi connectivity index (χ1v) is 4.82. The zero-order chi connectivity index (χ0) is 8.55. The molecule has 1 saturated carbocycles. The van der Waals surface area contributed by atoms with Gasteiger partial charge in [-0.25, -0.2) is 0 Å². The fourth-order valence-electron chi connectivity index (χ4n) is 2.04. The number of hydrogen-bond donors (Lipinski definition) is 1. The van der Waals surface area contributed by atoms with Crippen molar-refractivity contribution >= 4 is 5.91 Å². The molecule has 1 aliphatic heterocycles. The molecule has 0 radical (unpaired) electrons. The van der Waals surface area contributed by atoms with Crippen LogP contribution in [0, 0.1) is 5.92 Å². The molecular formula is C9H16N2O. The lowest BCUT2D eigenvalue weighted by molar-refractivity contribution is -0.138. The van der Waals surface area contributed by atoms with Gasteiger partial charge in [0.1, 0.15) is 0 Å². The highest BCUT2D eigenvalue weighted by Gasteiger charge is 2.32. The van der Waals surface area contributed by atoms with Crippen LogP contribution < -0.4 is 5.73 Å². The van der Waals surface area contributed by atoms with Crippen molar-refractivity contribution in [2.24, 2.45) is 11.7 Å². The molecule has 0 aromatic carbocycles. The van der Waals surface area contributed by atoms with Gasteiger partial charge in [-0.1, -0.05) is 0 Å². The number of nitrogens with zero attached hydrogens (tertiary/aromatic N) is 1. The van der Waals surface area contributed by atoms with Gasteiger partial charge in [0.2, 0.25) is 5.91 Å². The number of carbonyl (C=O) groups excluding carboxylic acids is 1. The predicted octanol–water partition coefficient (Wildman–Crippen LogP) is 0.346. The van der Waals surface area contributed by atoms with Crippen molar-refractivity contribution in [1.29, 1.82) is 0 Å². The molecule has 0 bridgehead atoms. The van der Waals surface area contributed by atoms with E-state index in [2.05, 4.69) is 0 Å². The van der Waals surface area contributed by atoms with Gasteiger partial charge in [-0.15, -0.1) is 0 Å². The Hall–Kier alpha value is -0.570. The average Bonchev–Trinajstić information content (AvgIpc) is 2.31. The van der Waals surface area contributed by atoms with Crippen LogP contribution in [-0.2, 0) is 4.79 Å². The van der Waals surface area contributed by atoms with Crippen molar-refractivity contribution in [3.63, 3.8) is 0 Å². The third kappa shape index (κ3) is 1.33. The molecule has 1 heterocycles. The summed E-state index contributed by atoms with van der Waals surface area (Å²) in [5.41, 5.74) is 5.75. The minimum absolute atomic E-state index is 0.250. The highest BCUT2D eigenvalue weighted by atomic mass is 16.2. The number of nitrogens with two attached hydrogens (primary N) is 1. The molecule has 68 valence electrons. The third-order valence-corrected chi connectivity index (χ3v) is 2.99. The minimum Gasteiger partial charge on any atom is -0.342 e. The zero-order valence-corrected chi connectivity index (χ0v) is 7.33. The van der Waals surface area contributed by atoms with Crippen LogP contribution in [0.2, 0.25) is 0 Å². The molecule has 2 atom stereocenters. The number of carbonyl (C=O) groups is 1. The quantitative estimate of drug-likeness (QED) is 0.614. The van der Waals surface area contributed by atoms with Crippen molar-refractivity contribution in [3.8, 4) is 0 Å². The largest absolute Gasteiger partial charge is 0.342 e. The maximum Gasteiger partial charge on any atom is 0.225 e. The molecule has 0 aromatic heterocycles. The molecule has 2 unspecified atom stereocenters. The van der Waals surface area contributed by atoms with Crippen LogP contribution in [0.5, 0.6) is 0 Å². The normalized spacial score (nSPS) is 34.9. The summed E-state index contributed by atoms with van der Waals surface area (Å²) in [5, 5.41) is 0. The molecule has 2 rings (SSSR count). The molecule has 12 heavy (non-hydrogen) atoms. The summed E-state index contributed by atoms with van der Waals surface area (Å²) >= 11 is 0. The maximum atomic E-state index is 11.6. The Balaban J connectivity index is 1.87. The second-order valence-corrected chi connectivity index (χ2v) is 3.95. The lowest BCUT2D eigenvalue weighted by Crippen LogP contribution is -2.45. The van der Waals surface area contributed by atoms with Crippen LogP contribution >= 0.6 is 0 Å². The Bertz CT molecular complexity index is 189. The molecule has 1 saturated heterocycles. The third-order valence-electron chi connectivity index (χ3n) is 2.99. The van der Waals surface area contributed by atoms with Gasteiger partial charge in [-0.2, -0.15) is 0 Å². The van der Waals surface area contributed by atoms with E-state index in [9.17, 15) is 4.79 Å². The highest BCUT2D eigenvalue weighted by Crippen LogP contribution is 2.27. The zero-order valence-electron chi connectivity index (χ0n) is 7.33. The summed E-state index contributed by atoms with van der Waals surface area (Å²) in [4.78, 5) is 13.6.